The summed E-state index contributed by atoms with van der Waals surface area (Å²) in [7, 11) is 0. The van der Waals surface area contributed by atoms with Crippen molar-refractivity contribution in [1.82, 2.24) is 14.5 Å². The summed E-state index contributed by atoms with van der Waals surface area (Å²) < 4.78 is 7.13. The van der Waals surface area contributed by atoms with E-state index in [1.807, 2.05) is 49.1 Å². The van der Waals surface area contributed by atoms with Crippen molar-refractivity contribution in [2.75, 3.05) is 25.4 Å². The van der Waals surface area contributed by atoms with Gasteiger partial charge in [0, 0.05) is 24.5 Å². The molecule has 8 heteroatoms. The Hall–Kier alpha value is -2.42. The number of aryl methyl sites for hydroxylation is 1. The fraction of sp³-hybridized carbons (Fsp3) is 0.348. The number of fused-ring (bicyclic) bond motifs is 1. The lowest BCUT2D eigenvalue weighted by Crippen LogP contribution is -2.45. The van der Waals surface area contributed by atoms with Crippen LogP contribution in [0.25, 0.3) is 20.7 Å². The second kappa shape index (κ2) is 9.38. The number of morpholine rings is 1. The normalized spacial score (nSPS) is 16.6. The van der Waals surface area contributed by atoms with Crippen molar-refractivity contribution in [3.05, 3.63) is 58.9 Å². The molecule has 0 N–H and O–H groups in total. The zero-order chi connectivity index (χ0) is 22.0. The van der Waals surface area contributed by atoms with Gasteiger partial charge in [0.05, 0.1) is 23.8 Å². The Bertz CT molecular complexity index is 1170. The Morgan fingerprint density at radius 1 is 1.39 bits per heavy atom. The molecule has 1 saturated heterocycles. The van der Waals surface area contributed by atoms with Crippen LogP contribution in [0.15, 0.2) is 52.9 Å². The zero-order valence-electron chi connectivity index (χ0n) is 17.7. The van der Waals surface area contributed by atoms with Gasteiger partial charge in [-0.1, -0.05) is 48.2 Å². The number of hydrogen-bond acceptors (Lipinski definition) is 6. The van der Waals surface area contributed by atoms with Gasteiger partial charge in [0.15, 0.2) is 5.16 Å². The summed E-state index contributed by atoms with van der Waals surface area (Å²) in [6, 6.07) is 10.0. The van der Waals surface area contributed by atoms with Crippen LogP contribution in [0.3, 0.4) is 0 Å². The van der Waals surface area contributed by atoms with Gasteiger partial charge in [0.25, 0.3) is 5.56 Å². The number of aromatic nitrogens is 2. The SMILES string of the molecule is C=CCn1c(SCC(=O)N2CCOC(C)C2)nc2sc(-c3ccccc3)c(C)c2c1=O. The van der Waals surface area contributed by atoms with Gasteiger partial charge in [-0.3, -0.25) is 14.2 Å². The van der Waals surface area contributed by atoms with Crippen LogP contribution in [0.1, 0.15) is 12.5 Å². The molecule has 0 radical (unpaired) electrons. The van der Waals surface area contributed by atoms with Crippen LogP contribution in [0.2, 0.25) is 0 Å². The van der Waals surface area contributed by atoms with Gasteiger partial charge >= 0.3 is 0 Å². The predicted octanol–water partition coefficient (Wildman–Crippen LogP) is 3.96. The molecule has 4 rings (SSSR count). The molecule has 0 spiro atoms. The third-order valence-electron chi connectivity index (χ3n) is 5.28. The lowest BCUT2D eigenvalue weighted by molar-refractivity contribution is -0.135. The number of thiophene rings is 1. The van der Waals surface area contributed by atoms with Crippen LogP contribution in [0, 0.1) is 6.92 Å². The van der Waals surface area contributed by atoms with Gasteiger partial charge in [-0.25, -0.2) is 4.98 Å². The molecule has 0 bridgehead atoms. The van der Waals surface area contributed by atoms with Crippen LogP contribution in [-0.4, -0.2) is 51.9 Å². The molecule has 6 nitrogen and oxygen atoms in total. The Balaban J connectivity index is 1.68. The summed E-state index contributed by atoms with van der Waals surface area (Å²) >= 11 is 2.83. The number of nitrogens with zero attached hydrogens (tertiary/aromatic N) is 3. The largest absolute Gasteiger partial charge is 0.375 e. The van der Waals surface area contributed by atoms with Gasteiger partial charge in [-0.2, -0.15) is 0 Å². The molecule has 31 heavy (non-hydrogen) atoms. The number of hydrogen-bond donors (Lipinski definition) is 0. The van der Waals surface area contributed by atoms with E-state index in [9.17, 15) is 9.59 Å². The Labute approximate surface area is 189 Å². The molecule has 0 saturated carbocycles. The minimum absolute atomic E-state index is 0.0342. The van der Waals surface area contributed by atoms with Crippen LogP contribution in [0.5, 0.6) is 0 Å². The number of ether oxygens (including phenoxy) is 1. The lowest BCUT2D eigenvalue weighted by atomic mass is 10.1. The summed E-state index contributed by atoms with van der Waals surface area (Å²) in [6.45, 7) is 9.82. The predicted molar refractivity (Wildman–Crippen MR) is 127 cm³/mol. The highest BCUT2D eigenvalue weighted by molar-refractivity contribution is 7.99. The fourth-order valence-corrected chi connectivity index (χ4v) is 5.86. The number of thioether (sulfide) groups is 1. The molecule has 3 aromatic rings. The molecule has 1 aliphatic rings. The standard InChI is InChI=1S/C23H25N3O3S2/c1-4-10-26-22(28)19-16(3)20(17-8-6-5-7-9-17)31-21(19)24-23(26)30-14-18(27)25-11-12-29-15(2)13-25/h4-9,15H,1,10-14H2,2-3H3. The van der Waals surface area contributed by atoms with Gasteiger partial charge in [-0.15, -0.1) is 17.9 Å². The highest BCUT2D eigenvalue weighted by Crippen LogP contribution is 2.36. The number of amides is 1. The molecule has 1 amide bonds. The van der Waals surface area contributed by atoms with E-state index in [0.717, 1.165) is 16.0 Å². The number of carbonyl (C=O) groups is 1. The van der Waals surface area contributed by atoms with E-state index in [2.05, 4.69) is 6.58 Å². The Morgan fingerprint density at radius 2 is 2.16 bits per heavy atom. The third kappa shape index (κ3) is 4.46. The molecule has 1 aliphatic heterocycles. The van der Waals surface area contributed by atoms with Crippen LogP contribution in [0.4, 0.5) is 0 Å². The Morgan fingerprint density at radius 3 is 2.87 bits per heavy atom. The maximum absolute atomic E-state index is 13.4. The third-order valence-corrected chi connectivity index (χ3v) is 7.48. The smallest absolute Gasteiger partial charge is 0.263 e. The van der Waals surface area contributed by atoms with E-state index < -0.39 is 0 Å². The zero-order valence-corrected chi connectivity index (χ0v) is 19.3. The molecule has 0 aliphatic carbocycles. The summed E-state index contributed by atoms with van der Waals surface area (Å²) in [6.07, 6.45) is 1.73. The minimum atomic E-state index is -0.0872. The molecule has 1 fully saturated rings. The highest BCUT2D eigenvalue weighted by Gasteiger charge is 2.23. The van der Waals surface area contributed by atoms with E-state index in [1.54, 1.807) is 10.6 Å². The first-order chi connectivity index (χ1) is 15.0. The van der Waals surface area contributed by atoms with Crippen molar-refractivity contribution in [3.63, 3.8) is 0 Å². The minimum Gasteiger partial charge on any atom is -0.375 e. The van der Waals surface area contributed by atoms with Crippen molar-refractivity contribution >= 4 is 39.2 Å². The molecule has 1 unspecified atom stereocenters. The maximum atomic E-state index is 13.4. The number of allylic oxidation sites excluding steroid dienone is 1. The molecule has 162 valence electrons. The molecule has 2 aromatic heterocycles. The topological polar surface area (TPSA) is 64.4 Å². The molecular weight excluding hydrogens is 430 g/mol. The van der Waals surface area contributed by atoms with E-state index in [1.165, 1.54) is 23.1 Å². The highest BCUT2D eigenvalue weighted by atomic mass is 32.2. The quantitative estimate of drug-likeness (QED) is 0.320. The van der Waals surface area contributed by atoms with E-state index in [0.29, 0.717) is 41.6 Å². The first kappa shape index (κ1) is 21.8. The van der Waals surface area contributed by atoms with E-state index >= 15 is 0 Å². The second-order valence-corrected chi connectivity index (χ2v) is 9.45. The van der Waals surface area contributed by atoms with Crippen LogP contribution >= 0.6 is 23.1 Å². The van der Waals surface area contributed by atoms with Crippen LogP contribution in [-0.2, 0) is 16.1 Å². The number of rotatable bonds is 6. The van der Waals surface area contributed by atoms with Crippen molar-refractivity contribution in [2.45, 2.75) is 31.7 Å². The average molecular weight is 456 g/mol. The molecule has 1 atom stereocenters. The lowest BCUT2D eigenvalue weighted by Gasteiger charge is -2.31. The van der Waals surface area contributed by atoms with Crippen molar-refractivity contribution < 1.29 is 9.53 Å². The second-order valence-electron chi connectivity index (χ2n) is 7.51. The summed E-state index contributed by atoms with van der Waals surface area (Å²) in [4.78, 5) is 34.4. The number of benzene rings is 1. The maximum Gasteiger partial charge on any atom is 0.263 e. The van der Waals surface area contributed by atoms with Gasteiger partial charge in [0.2, 0.25) is 5.91 Å². The van der Waals surface area contributed by atoms with Crippen molar-refractivity contribution in [3.8, 4) is 10.4 Å². The monoisotopic (exact) mass is 455 g/mol. The fourth-order valence-electron chi connectivity index (χ4n) is 3.73. The van der Waals surface area contributed by atoms with Crippen molar-refractivity contribution in [1.29, 1.82) is 0 Å². The molecular formula is C23H25N3O3S2. The first-order valence-electron chi connectivity index (χ1n) is 10.2. The summed E-state index contributed by atoms with van der Waals surface area (Å²) in [5.41, 5.74) is 1.93. The van der Waals surface area contributed by atoms with E-state index in [4.69, 9.17) is 9.72 Å². The number of carbonyl (C=O) groups excluding carboxylic acids is 1. The summed E-state index contributed by atoms with van der Waals surface area (Å²) in [5, 5.41) is 1.19. The van der Waals surface area contributed by atoms with Crippen molar-refractivity contribution in [2.24, 2.45) is 0 Å². The molecule has 3 heterocycles. The summed E-state index contributed by atoms with van der Waals surface area (Å²) in [5.74, 6) is 0.268. The average Bonchev–Trinajstić information content (AvgIpc) is 3.11. The first-order valence-corrected chi connectivity index (χ1v) is 12.0. The van der Waals surface area contributed by atoms with Gasteiger partial charge in [0.1, 0.15) is 4.83 Å². The van der Waals surface area contributed by atoms with Gasteiger partial charge in [-0.05, 0) is 25.0 Å². The van der Waals surface area contributed by atoms with Crippen LogP contribution < -0.4 is 5.56 Å². The molecule has 1 aromatic carbocycles. The van der Waals surface area contributed by atoms with Gasteiger partial charge < -0.3 is 9.64 Å². The Kier molecular flexibility index (Phi) is 6.60. The van der Waals surface area contributed by atoms with E-state index in [-0.39, 0.29) is 23.3 Å².